The first kappa shape index (κ1) is 22.2. The van der Waals surface area contributed by atoms with Gasteiger partial charge in [0.15, 0.2) is 11.5 Å². The summed E-state index contributed by atoms with van der Waals surface area (Å²) in [6.07, 6.45) is 5.76. The van der Waals surface area contributed by atoms with Gasteiger partial charge < -0.3 is 14.5 Å². The molecule has 1 saturated heterocycles. The van der Waals surface area contributed by atoms with Crippen LogP contribution in [0.5, 0.6) is 0 Å². The zero-order valence-corrected chi connectivity index (χ0v) is 20.8. The molecule has 5 aromatic rings. The molecule has 0 atom stereocenters. The number of fused-ring (bicyclic) bond motifs is 2. The van der Waals surface area contributed by atoms with Gasteiger partial charge in [0, 0.05) is 54.9 Å². The summed E-state index contributed by atoms with van der Waals surface area (Å²) >= 11 is 1.65. The third-order valence-corrected chi connectivity index (χ3v) is 7.46. The number of thiazole rings is 1. The van der Waals surface area contributed by atoms with Crippen LogP contribution in [0.2, 0.25) is 0 Å². The summed E-state index contributed by atoms with van der Waals surface area (Å²) < 4.78 is 8.69. The SMILES string of the molecule is CC(C)(CN1CCOCC1)c1ccc(Nc2nc(-c3ccc4scnc4c3)cn3ccnc23)cc1. The molecule has 1 N–H and O–H groups in total. The average molecular weight is 485 g/mol. The monoisotopic (exact) mass is 484 g/mol. The van der Waals surface area contributed by atoms with E-state index in [0.717, 1.165) is 66.8 Å². The fourth-order valence-electron chi connectivity index (χ4n) is 4.72. The summed E-state index contributed by atoms with van der Waals surface area (Å²) in [5.74, 6) is 0.728. The standard InChI is InChI=1S/C27H28N6OS/c1-27(2,17-32-11-13-34-14-12-32)20-4-6-21(7-5-20)30-25-26-28-9-10-33(26)16-23(31-25)19-3-8-24-22(15-19)29-18-35-24/h3-10,15-16,18H,11-14,17H2,1-2H3,(H,30,31). The fraction of sp³-hybridized carbons (Fsp3) is 0.296. The Kier molecular flexibility index (Phi) is 5.72. The van der Waals surface area contributed by atoms with E-state index in [0.29, 0.717) is 0 Å². The molecule has 7 nitrogen and oxygen atoms in total. The van der Waals surface area contributed by atoms with Crippen molar-refractivity contribution in [3.05, 3.63) is 72.1 Å². The molecule has 178 valence electrons. The Bertz CT molecular complexity index is 1470. The second kappa shape index (κ2) is 9.03. The molecule has 0 radical (unpaired) electrons. The van der Waals surface area contributed by atoms with E-state index in [4.69, 9.17) is 9.72 Å². The number of hydrogen-bond donors (Lipinski definition) is 1. The van der Waals surface area contributed by atoms with Gasteiger partial charge in [-0.2, -0.15) is 0 Å². The highest BCUT2D eigenvalue weighted by atomic mass is 32.1. The maximum atomic E-state index is 5.50. The molecule has 0 spiro atoms. The van der Waals surface area contributed by atoms with Crippen molar-refractivity contribution in [2.75, 3.05) is 38.2 Å². The highest BCUT2D eigenvalue weighted by Gasteiger charge is 2.25. The van der Waals surface area contributed by atoms with Crippen LogP contribution in [0, 0.1) is 0 Å². The molecule has 0 unspecified atom stereocenters. The molecule has 4 heterocycles. The normalized spacial score (nSPS) is 15.1. The first-order valence-corrected chi connectivity index (χ1v) is 12.8. The van der Waals surface area contributed by atoms with Crippen molar-refractivity contribution >= 4 is 38.7 Å². The molecule has 2 aromatic carbocycles. The first-order chi connectivity index (χ1) is 17.0. The van der Waals surface area contributed by atoms with Crippen molar-refractivity contribution in [2.24, 2.45) is 0 Å². The third kappa shape index (κ3) is 4.52. The summed E-state index contributed by atoms with van der Waals surface area (Å²) in [7, 11) is 0. The maximum Gasteiger partial charge on any atom is 0.180 e. The van der Waals surface area contributed by atoms with Crippen LogP contribution in [-0.4, -0.2) is 57.1 Å². The molecule has 0 saturated carbocycles. The van der Waals surface area contributed by atoms with Crippen molar-refractivity contribution in [2.45, 2.75) is 19.3 Å². The Hall–Kier alpha value is -3.33. The maximum absolute atomic E-state index is 5.50. The van der Waals surface area contributed by atoms with Gasteiger partial charge in [-0.1, -0.05) is 32.0 Å². The largest absolute Gasteiger partial charge is 0.379 e. The van der Waals surface area contributed by atoms with E-state index in [1.165, 1.54) is 10.3 Å². The van der Waals surface area contributed by atoms with E-state index in [-0.39, 0.29) is 5.41 Å². The van der Waals surface area contributed by atoms with E-state index >= 15 is 0 Å². The zero-order chi connectivity index (χ0) is 23.8. The number of ether oxygens (including phenoxy) is 1. The Morgan fingerprint density at radius 2 is 1.89 bits per heavy atom. The molecule has 35 heavy (non-hydrogen) atoms. The second-order valence-electron chi connectivity index (χ2n) is 9.64. The zero-order valence-electron chi connectivity index (χ0n) is 19.9. The van der Waals surface area contributed by atoms with Gasteiger partial charge in [-0.05, 0) is 29.8 Å². The van der Waals surface area contributed by atoms with Gasteiger partial charge in [-0.3, -0.25) is 4.90 Å². The minimum atomic E-state index is 0.0543. The summed E-state index contributed by atoms with van der Waals surface area (Å²) in [6, 6.07) is 15.0. The quantitative estimate of drug-likeness (QED) is 0.350. The molecule has 0 aliphatic carbocycles. The van der Waals surface area contributed by atoms with Crippen molar-refractivity contribution in [3.63, 3.8) is 0 Å². The molecule has 1 aliphatic rings. The predicted molar refractivity (Wildman–Crippen MR) is 142 cm³/mol. The molecule has 0 bridgehead atoms. The van der Waals surface area contributed by atoms with Gasteiger partial charge in [0.25, 0.3) is 0 Å². The van der Waals surface area contributed by atoms with Crippen LogP contribution in [0.3, 0.4) is 0 Å². The summed E-state index contributed by atoms with van der Waals surface area (Å²) in [5, 5.41) is 3.50. The van der Waals surface area contributed by atoms with Gasteiger partial charge in [-0.25, -0.2) is 15.0 Å². The lowest BCUT2D eigenvalue weighted by Gasteiger charge is -2.35. The molecule has 1 fully saturated rings. The summed E-state index contributed by atoms with van der Waals surface area (Å²) in [5.41, 5.74) is 7.92. The number of morpholine rings is 1. The van der Waals surface area contributed by atoms with E-state index in [9.17, 15) is 0 Å². The predicted octanol–water partition coefficient (Wildman–Crippen LogP) is 5.36. The number of imidazole rings is 1. The number of rotatable bonds is 6. The van der Waals surface area contributed by atoms with Gasteiger partial charge in [0.1, 0.15) is 0 Å². The number of nitrogens with one attached hydrogen (secondary N) is 1. The van der Waals surface area contributed by atoms with E-state index in [1.54, 1.807) is 17.5 Å². The summed E-state index contributed by atoms with van der Waals surface area (Å²) in [4.78, 5) is 16.4. The highest BCUT2D eigenvalue weighted by Crippen LogP contribution is 2.30. The van der Waals surface area contributed by atoms with Gasteiger partial charge in [-0.15, -0.1) is 11.3 Å². The van der Waals surface area contributed by atoms with E-state index in [2.05, 4.69) is 76.5 Å². The van der Waals surface area contributed by atoms with Crippen LogP contribution in [0.1, 0.15) is 19.4 Å². The van der Waals surface area contributed by atoms with Crippen LogP contribution < -0.4 is 5.32 Å². The molecule has 0 amide bonds. The van der Waals surface area contributed by atoms with E-state index in [1.807, 2.05) is 22.3 Å². The van der Waals surface area contributed by atoms with Crippen LogP contribution in [-0.2, 0) is 10.2 Å². The van der Waals surface area contributed by atoms with Crippen LogP contribution in [0.15, 0.2) is 66.6 Å². The number of benzene rings is 2. The Morgan fingerprint density at radius 3 is 2.71 bits per heavy atom. The van der Waals surface area contributed by atoms with E-state index < -0.39 is 0 Å². The Morgan fingerprint density at radius 1 is 1.06 bits per heavy atom. The highest BCUT2D eigenvalue weighted by molar-refractivity contribution is 7.16. The van der Waals surface area contributed by atoms with Gasteiger partial charge in [0.2, 0.25) is 0 Å². The van der Waals surface area contributed by atoms with Crippen LogP contribution >= 0.6 is 11.3 Å². The van der Waals surface area contributed by atoms with Crippen molar-refractivity contribution < 1.29 is 4.74 Å². The van der Waals surface area contributed by atoms with Gasteiger partial charge in [0.05, 0.1) is 34.6 Å². The first-order valence-electron chi connectivity index (χ1n) is 11.9. The Balaban J connectivity index is 1.27. The molecule has 1 aliphatic heterocycles. The van der Waals surface area contributed by atoms with Crippen molar-refractivity contribution in [1.29, 1.82) is 0 Å². The molecular formula is C27H28N6OS. The lowest BCUT2D eigenvalue weighted by atomic mass is 9.84. The summed E-state index contributed by atoms with van der Waals surface area (Å²) in [6.45, 7) is 9.29. The molecule has 3 aromatic heterocycles. The van der Waals surface area contributed by atoms with Crippen LogP contribution in [0.4, 0.5) is 11.5 Å². The van der Waals surface area contributed by atoms with Crippen molar-refractivity contribution in [3.8, 4) is 11.3 Å². The number of anilines is 2. The smallest absolute Gasteiger partial charge is 0.180 e. The van der Waals surface area contributed by atoms with Gasteiger partial charge >= 0.3 is 0 Å². The number of hydrogen-bond acceptors (Lipinski definition) is 7. The third-order valence-electron chi connectivity index (χ3n) is 6.65. The molecule has 6 rings (SSSR count). The molecular weight excluding hydrogens is 456 g/mol. The number of nitrogens with zero attached hydrogens (tertiary/aromatic N) is 5. The lowest BCUT2D eigenvalue weighted by Crippen LogP contribution is -2.43. The average Bonchev–Trinajstić information content (AvgIpc) is 3.54. The second-order valence-corrected chi connectivity index (χ2v) is 10.5. The minimum absolute atomic E-state index is 0.0543. The van der Waals surface area contributed by atoms with Crippen LogP contribution in [0.25, 0.3) is 27.1 Å². The lowest BCUT2D eigenvalue weighted by molar-refractivity contribution is 0.0295. The molecule has 8 heteroatoms. The Labute approximate surface area is 208 Å². The van der Waals surface area contributed by atoms with Crippen molar-refractivity contribution in [1.82, 2.24) is 24.3 Å². The number of aromatic nitrogens is 4. The topological polar surface area (TPSA) is 67.6 Å². The minimum Gasteiger partial charge on any atom is -0.379 e. The fourth-order valence-corrected chi connectivity index (χ4v) is 5.38.